The molecule has 1 aromatic rings. The summed E-state index contributed by atoms with van der Waals surface area (Å²) in [5, 5.41) is 0.440. The second-order valence-electron chi connectivity index (χ2n) is 5.52. The number of nitrogens with one attached hydrogen (secondary N) is 1. The summed E-state index contributed by atoms with van der Waals surface area (Å²) in [5.41, 5.74) is 4.99. The molecule has 0 bridgehead atoms. The number of hydrogen-bond acceptors (Lipinski definition) is 2. The first-order valence-corrected chi connectivity index (χ1v) is 7.60. The Labute approximate surface area is 128 Å². The minimum absolute atomic E-state index is 0.305. The zero-order chi connectivity index (χ0) is 14.4. The summed E-state index contributed by atoms with van der Waals surface area (Å²) < 4.78 is 0. The molecular formula is C17H16ClN3. The molecular weight excluding hydrogens is 282 g/mol. The van der Waals surface area contributed by atoms with Gasteiger partial charge in [0.1, 0.15) is 5.82 Å². The molecule has 0 spiro atoms. The molecule has 4 heteroatoms. The number of aromatic amines is 1. The van der Waals surface area contributed by atoms with Crippen LogP contribution in [0.1, 0.15) is 24.1 Å². The molecule has 21 heavy (non-hydrogen) atoms. The fourth-order valence-corrected chi connectivity index (χ4v) is 3.48. The molecule has 0 aromatic heterocycles. The standard InChI is InChI=1S/C17H16ClN3/c1-11-13-6-3-2-5-12(13)9-10-21(11)16-14-7-4-8-15(14)19-17(18)20-16/h2-8,11H,9-10H2,1H3,(H,19,20). The molecule has 2 aliphatic heterocycles. The molecule has 3 aliphatic rings. The molecule has 0 fully saturated rings. The summed E-state index contributed by atoms with van der Waals surface area (Å²) in [5.74, 6) is 0.973. The second-order valence-corrected chi connectivity index (χ2v) is 5.88. The van der Waals surface area contributed by atoms with Gasteiger partial charge in [-0.2, -0.15) is 0 Å². The van der Waals surface area contributed by atoms with Gasteiger partial charge in [-0.1, -0.05) is 30.3 Å². The smallest absolute Gasteiger partial charge is 0.202 e. The molecule has 1 aliphatic carbocycles. The van der Waals surface area contributed by atoms with E-state index in [1.54, 1.807) is 0 Å². The van der Waals surface area contributed by atoms with Crippen LogP contribution in [-0.4, -0.2) is 16.5 Å². The topological polar surface area (TPSA) is 31.9 Å². The third-order valence-corrected chi connectivity index (χ3v) is 4.54. The number of halogens is 1. The summed E-state index contributed by atoms with van der Waals surface area (Å²) in [6, 6.07) is 15.1. The first-order valence-electron chi connectivity index (χ1n) is 7.23. The van der Waals surface area contributed by atoms with Gasteiger partial charge in [0.05, 0.1) is 11.7 Å². The normalized spacial score (nSPS) is 18.0. The lowest BCUT2D eigenvalue weighted by Crippen LogP contribution is -2.35. The Balaban J connectivity index is 1.82. The quantitative estimate of drug-likeness (QED) is 0.679. The summed E-state index contributed by atoms with van der Waals surface area (Å²) >= 11 is 6.15. The van der Waals surface area contributed by atoms with Crippen molar-refractivity contribution in [3.8, 4) is 11.3 Å². The molecule has 0 amide bonds. The molecule has 0 radical (unpaired) electrons. The minimum atomic E-state index is 0.305. The highest BCUT2D eigenvalue weighted by atomic mass is 35.5. The zero-order valence-corrected chi connectivity index (χ0v) is 12.6. The third-order valence-electron chi connectivity index (χ3n) is 4.37. The maximum Gasteiger partial charge on any atom is 0.202 e. The minimum Gasteiger partial charge on any atom is -0.349 e. The van der Waals surface area contributed by atoms with Crippen LogP contribution in [0.3, 0.4) is 0 Å². The monoisotopic (exact) mass is 297 g/mol. The van der Waals surface area contributed by atoms with Gasteiger partial charge in [-0.3, -0.25) is 0 Å². The Morgan fingerprint density at radius 2 is 2.05 bits per heavy atom. The van der Waals surface area contributed by atoms with E-state index in [9.17, 15) is 0 Å². The van der Waals surface area contributed by atoms with Crippen molar-refractivity contribution in [2.24, 2.45) is 0 Å². The number of H-pyrrole nitrogens is 1. The molecule has 0 saturated carbocycles. The van der Waals surface area contributed by atoms with E-state index in [0.717, 1.165) is 30.0 Å². The molecule has 1 atom stereocenters. The van der Waals surface area contributed by atoms with Crippen molar-refractivity contribution in [3.05, 3.63) is 58.9 Å². The number of aromatic nitrogens is 2. The van der Waals surface area contributed by atoms with Crippen molar-refractivity contribution in [2.75, 3.05) is 11.4 Å². The average Bonchev–Trinajstić information content (AvgIpc) is 2.95. The van der Waals surface area contributed by atoms with Crippen LogP contribution in [0.15, 0.2) is 42.5 Å². The molecule has 3 nitrogen and oxygen atoms in total. The molecule has 2 heterocycles. The highest BCUT2D eigenvalue weighted by molar-refractivity contribution is 6.28. The molecule has 1 N–H and O–H groups in total. The van der Waals surface area contributed by atoms with E-state index < -0.39 is 0 Å². The van der Waals surface area contributed by atoms with Crippen molar-refractivity contribution < 1.29 is 0 Å². The fraction of sp³-hybridized carbons (Fsp3) is 0.235. The number of fused-ring (bicyclic) bond motifs is 2. The van der Waals surface area contributed by atoms with Crippen molar-refractivity contribution >= 4 is 17.4 Å². The summed E-state index contributed by atoms with van der Waals surface area (Å²) in [6.45, 7) is 3.20. The van der Waals surface area contributed by atoms with Gasteiger partial charge in [0.25, 0.3) is 0 Å². The lowest BCUT2D eigenvalue weighted by Gasteiger charge is -2.37. The van der Waals surface area contributed by atoms with Crippen LogP contribution in [0.4, 0.5) is 5.82 Å². The van der Waals surface area contributed by atoms with E-state index in [1.807, 2.05) is 12.1 Å². The number of anilines is 1. The van der Waals surface area contributed by atoms with E-state index >= 15 is 0 Å². The van der Waals surface area contributed by atoms with Crippen LogP contribution >= 0.6 is 11.6 Å². The number of rotatable bonds is 1. The zero-order valence-electron chi connectivity index (χ0n) is 11.8. The highest BCUT2D eigenvalue weighted by Gasteiger charge is 2.27. The molecule has 106 valence electrons. The summed E-state index contributed by atoms with van der Waals surface area (Å²) in [6.07, 6.45) is 1.04. The van der Waals surface area contributed by atoms with E-state index in [2.05, 4.69) is 52.1 Å². The molecule has 4 rings (SSSR count). The van der Waals surface area contributed by atoms with E-state index in [1.165, 1.54) is 11.1 Å². The van der Waals surface area contributed by atoms with Gasteiger partial charge in [-0.15, -0.1) is 0 Å². The van der Waals surface area contributed by atoms with Gasteiger partial charge >= 0.3 is 0 Å². The molecule has 0 saturated heterocycles. The third kappa shape index (κ3) is 2.00. The SMILES string of the molecule is CC1c2ccccc2CCN1c1nc(Cl)[nH]c2cccc1-2. The lowest BCUT2D eigenvalue weighted by molar-refractivity contribution is 0.617. The van der Waals surface area contributed by atoms with Gasteiger partial charge in [0, 0.05) is 12.1 Å². The maximum absolute atomic E-state index is 6.15. The predicted molar refractivity (Wildman–Crippen MR) is 86.1 cm³/mol. The summed E-state index contributed by atoms with van der Waals surface area (Å²) in [4.78, 5) is 10.0. The van der Waals surface area contributed by atoms with E-state index in [-0.39, 0.29) is 0 Å². The second kappa shape index (κ2) is 4.78. The predicted octanol–water partition coefficient (Wildman–Crippen LogP) is 4.29. The van der Waals surface area contributed by atoms with Crippen LogP contribution in [0.5, 0.6) is 0 Å². The Morgan fingerprint density at radius 3 is 2.95 bits per heavy atom. The van der Waals surface area contributed by atoms with Crippen LogP contribution in [0.25, 0.3) is 11.3 Å². The Kier molecular flexibility index (Phi) is 2.89. The first-order chi connectivity index (χ1) is 10.2. The maximum atomic E-state index is 6.15. The van der Waals surface area contributed by atoms with Crippen molar-refractivity contribution in [1.29, 1.82) is 0 Å². The highest BCUT2D eigenvalue weighted by Crippen LogP contribution is 2.38. The number of nitrogens with zero attached hydrogens (tertiary/aromatic N) is 2. The van der Waals surface area contributed by atoms with Gasteiger partial charge in [0.15, 0.2) is 0 Å². The van der Waals surface area contributed by atoms with Gasteiger partial charge in [-0.05, 0) is 48.2 Å². The van der Waals surface area contributed by atoms with Gasteiger partial charge < -0.3 is 9.88 Å². The Bertz CT molecular complexity index is 764. The Morgan fingerprint density at radius 1 is 1.19 bits per heavy atom. The van der Waals surface area contributed by atoms with Crippen molar-refractivity contribution in [3.63, 3.8) is 0 Å². The van der Waals surface area contributed by atoms with Crippen LogP contribution in [0.2, 0.25) is 5.28 Å². The van der Waals surface area contributed by atoms with E-state index in [4.69, 9.17) is 11.6 Å². The molecule has 1 unspecified atom stereocenters. The number of hydrogen-bond donors (Lipinski definition) is 1. The van der Waals surface area contributed by atoms with Crippen molar-refractivity contribution in [1.82, 2.24) is 9.97 Å². The first kappa shape index (κ1) is 12.7. The fourth-order valence-electron chi connectivity index (χ4n) is 3.30. The van der Waals surface area contributed by atoms with Crippen LogP contribution in [0, 0.1) is 0 Å². The molecule has 1 aromatic carbocycles. The largest absolute Gasteiger partial charge is 0.349 e. The van der Waals surface area contributed by atoms with E-state index in [0.29, 0.717) is 11.3 Å². The lowest BCUT2D eigenvalue weighted by atomic mass is 9.93. The number of benzene rings is 1. The van der Waals surface area contributed by atoms with Crippen molar-refractivity contribution in [2.45, 2.75) is 19.4 Å². The Hall–Kier alpha value is -2.00. The van der Waals surface area contributed by atoms with Gasteiger partial charge in [-0.25, -0.2) is 4.98 Å². The van der Waals surface area contributed by atoms with Crippen LogP contribution < -0.4 is 4.90 Å². The summed E-state index contributed by atoms with van der Waals surface area (Å²) in [7, 11) is 0. The average molecular weight is 298 g/mol. The van der Waals surface area contributed by atoms with Crippen LogP contribution in [-0.2, 0) is 6.42 Å². The van der Waals surface area contributed by atoms with Gasteiger partial charge in [0.2, 0.25) is 5.28 Å².